The number of rotatable bonds is 13. The van der Waals surface area contributed by atoms with Gasteiger partial charge in [-0.2, -0.15) is 0 Å². The molecule has 0 aliphatic carbocycles. The van der Waals surface area contributed by atoms with Crippen LogP contribution in [0.2, 0.25) is 0 Å². The van der Waals surface area contributed by atoms with Crippen molar-refractivity contribution >= 4 is 12.4 Å². The van der Waals surface area contributed by atoms with Gasteiger partial charge in [-0.05, 0) is 49.2 Å². The molecular weight excluding hydrogens is 484 g/mol. The maximum atomic E-state index is 12.2. The van der Waals surface area contributed by atoms with E-state index in [0.717, 1.165) is 62.1 Å². The summed E-state index contributed by atoms with van der Waals surface area (Å²) in [5.41, 5.74) is 1.84. The number of carboxylic acids is 1. The lowest BCUT2D eigenvalue weighted by atomic mass is 9.82. The Labute approximate surface area is 227 Å². The number of aliphatic carboxylic acids is 1. The molecule has 0 aromatic heterocycles. The molecule has 2 aromatic carbocycles. The van der Waals surface area contributed by atoms with E-state index in [4.69, 9.17) is 14.2 Å². The number of carbonyl (C=O) groups excluding carboxylic acids is 1. The molecule has 3 atom stereocenters. The summed E-state index contributed by atoms with van der Waals surface area (Å²) in [6.45, 7) is 6.77. The summed E-state index contributed by atoms with van der Waals surface area (Å²) < 4.78 is 16.0. The van der Waals surface area contributed by atoms with Gasteiger partial charge < -0.3 is 24.2 Å². The van der Waals surface area contributed by atoms with E-state index in [1.165, 1.54) is 0 Å². The Morgan fingerprint density at radius 3 is 2.03 bits per heavy atom. The number of methoxy groups -OCH3 is 3. The summed E-state index contributed by atoms with van der Waals surface area (Å²) in [6.07, 6.45) is 5.54. The molecule has 210 valence electrons. The lowest BCUT2D eigenvalue weighted by Gasteiger charge is -2.24. The third-order valence-electron chi connectivity index (χ3n) is 7.06. The summed E-state index contributed by atoms with van der Waals surface area (Å²) in [7, 11) is 6.76. The van der Waals surface area contributed by atoms with Gasteiger partial charge in [0.1, 0.15) is 17.2 Å². The Bertz CT molecular complexity index is 989. The molecule has 0 radical (unpaired) electrons. The van der Waals surface area contributed by atoms with Crippen LogP contribution in [0, 0.1) is 5.92 Å². The first kappa shape index (κ1) is 31.0. The minimum atomic E-state index is -0.817. The number of ether oxygens (including phenoxy) is 3. The SMILES string of the molecule is CCCCN(C=O)CCCC.COc1ccc(C2C(C(=O)O)C(c3ccc(OC)cc3OC)CN2C)cc1. The highest BCUT2D eigenvalue weighted by Gasteiger charge is 2.46. The fourth-order valence-corrected chi connectivity index (χ4v) is 4.96. The van der Waals surface area contributed by atoms with Crippen LogP contribution in [0.1, 0.15) is 62.6 Å². The number of nitrogens with zero attached hydrogens (tertiary/aromatic N) is 2. The number of likely N-dealkylation sites (tertiary alicyclic amines) is 1. The van der Waals surface area contributed by atoms with Gasteiger partial charge in [0.15, 0.2) is 0 Å². The fourth-order valence-electron chi connectivity index (χ4n) is 4.96. The van der Waals surface area contributed by atoms with Gasteiger partial charge in [-0.25, -0.2) is 0 Å². The van der Waals surface area contributed by atoms with E-state index in [0.29, 0.717) is 18.0 Å². The Morgan fingerprint density at radius 1 is 0.974 bits per heavy atom. The molecule has 0 spiro atoms. The van der Waals surface area contributed by atoms with Crippen LogP contribution in [0.25, 0.3) is 0 Å². The summed E-state index contributed by atoms with van der Waals surface area (Å²) in [5.74, 6) is 0.476. The second kappa shape index (κ2) is 15.9. The van der Waals surface area contributed by atoms with E-state index in [2.05, 4.69) is 18.7 Å². The first-order valence-electron chi connectivity index (χ1n) is 13.3. The van der Waals surface area contributed by atoms with Crippen LogP contribution in [0.4, 0.5) is 0 Å². The largest absolute Gasteiger partial charge is 0.497 e. The molecule has 2 aromatic rings. The monoisotopic (exact) mass is 528 g/mol. The zero-order valence-electron chi connectivity index (χ0n) is 23.7. The summed E-state index contributed by atoms with van der Waals surface area (Å²) in [4.78, 5) is 26.6. The summed E-state index contributed by atoms with van der Waals surface area (Å²) >= 11 is 0. The van der Waals surface area contributed by atoms with E-state index in [9.17, 15) is 14.7 Å². The molecule has 38 heavy (non-hydrogen) atoms. The van der Waals surface area contributed by atoms with E-state index < -0.39 is 11.9 Å². The highest BCUT2D eigenvalue weighted by atomic mass is 16.5. The number of unbranched alkanes of at least 4 members (excludes halogenated alkanes) is 2. The summed E-state index contributed by atoms with van der Waals surface area (Å²) in [6, 6.07) is 12.9. The maximum absolute atomic E-state index is 12.2. The lowest BCUT2D eigenvalue weighted by Crippen LogP contribution is -2.26. The number of benzene rings is 2. The van der Waals surface area contributed by atoms with E-state index in [-0.39, 0.29) is 12.0 Å². The topological polar surface area (TPSA) is 88.5 Å². The van der Waals surface area contributed by atoms with Crippen LogP contribution in [0.15, 0.2) is 42.5 Å². The average molecular weight is 529 g/mol. The number of hydrogen-bond acceptors (Lipinski definition) is 6. The number of likely N-dealkylation sites (N-methyl/N-ethyl adjacent to an activating group) is 1. The predicted molar refractivity (Wildman–Crippen MR) is 149 cm³/mol. The molecule has 1 heterocycles. The van der Waals surface area contributed by atoms with Crippen molar-refractivity contribution in [1.82, 2.24) is 9.80 Å². The minimum absolute atomic E-state index is 0.194. The normalized spacial score (nSPS) is 18.7. The fraction of sp³-hybridized carbons (Fsp3) is 0.533. The summed E-state index contributed by atoms with van der Waals surface area (Å²) in [5, 5.41) is 10.0. The Balaban J connectivity index is 0.000000391. The molecule has 8 heteroatoms. The molecule has 1 fully saturated rings. The first-order valence-corrected chi connectivity index (χ1v) is 13.3. The van der Waals surface area contributed by atoms with E-state index >= 15 is 0 Å². The zero-order chi connectivity index (χ0) is 28.1. The third-order valence-corrected chi connectivity index (χ3v) is 7.06. The number of carboxylic acid groups (broad SMARTS) is 1. The Morgan fingerprint density at radius 2 is 1.55 bits per heavy atom. The molecule has 0 saturated carbocycles. The average Bonchev–Trinajstić information content (AvgIpc) is 3.30. The van der Waals surface area contributed by atoms with Crippen LogP contribution < -0.4 is 14.2 Å². The van der Waals surface area contributed by atoms with Crippen LogP contribution in [-0.2, 0) is 9.59 Å². The molecule has 0 bridgehead atoms. The standard InChI is InChI=1S/C21H25NO5.C9H19NO/c1-22-12-17(16-10-9-15(26-3)11-18(16)27-4)19(21(23)24)20(22)13-5-7-14(25-2)8-6-13;1-3-5-7-10(9-11)8-6-4-2/h5-11,17,19-20H,12H2,1-4H3,(H,23,24);9H,3-8H2,1-2H3. The van der Waals surface area contributed by atoms with Crippen molar-refractivity contribution in [3.8, 4) is 17.2 Å². The smallest absolute Gasteiger partial charge is 0.309 e. The van der Waals surface area contributed by atoms with Crippen LogP contribution >= 0.6 is 0 Å². The van der Waals surface area contributed by atoms with Crippen molar-refractivity contribution < 1.29 is 28.9 Å². The Hall–Kier alpha value is -3.26. The van der Waals surface area contributed by atoms with E-state index in [1.54, 1.807) is 27.4 Å². The molecule has 3 unspecified atom stereocenters. The van der Waals surface area contributed by atoms with Crippen molar-refractivity contribution in [1.29, 1.82) is 0 Å². The molecule has 1 N–H and O–H groups in total. The van der Waals surface area contributed by atoms with Gasteiger partial charge in [-0.3, -0.25) is 14.5 Å². The number of hydrogen-bond donors (Lipinski definition) is 1. The van der Waals surface area contributed by atoms with Crippen molar-refractivity contribution in [3.63, 3.8) is 0 Å². The molecular formula is C30H44N2O6. The van der Waals surface area contributed by atoms with Gasteiger partial charge in [-0.15, -0.1) is 0 Å². The first-order chi connectivity index (χ1) is 18.3. The van der Waals surface area contributed by atoms with Crippen LogP contribution in [0.5, 0.6) is 17.2 Å². The van der Waals surface area contributed by atoms with Crippen molar-refractivity contribution in [2.75, 3.05) is 48.0 Å². The number of carbonyl (C=O) groups is 2. The molecule has 1 amide bonds. The predicted octanol–water partition coefficient (Wildman–Crippen LogP) is 5.23. The quantitative estimate of drug-likeness (QED) is 0.356. The van der Waals surface area contributed by atoms with Gasteiger partial charge in [0.25, 0.3) is 0 Å². The molecule has 1 aliphatic heterocycles. The van der Waals surface area contributed by atoms with Gasteiger partial charge in [0, 0.05) is 37.7 Å². The highest BCUT2D eigenvalue weighted by molar-refractivity contribution is 5.74. The van der Waals surface area contributed by atoms with Crippen molar-refractivity contribution in [2.24, 2.45) is 5.92 Å². The highest BCUT2D eigenvalue weighted by Crippen LogP contribution is 2.47. The maximum Gasteiger partial charge on any atom is 0.309 e. The minimum Gasteiger partial charge on any atom is -0.497 e. The lowest BCUT2D eigenvalue weighted by molar-refractivity contribution is -0.143. The van der Waals surface area contributed by atoms with Crippen LogP contribution in [0.3, 0.4) is 0 Å². The van der Waals surface area contributed by atoms with Crippen molar-refractivity contribution in [2.45, 2.75) is 51.5 Å². The Kier molecular flexibility index (Phi) is 12.9. The molecule has 1 aliphatic rings. The van der Waals surface area contributed by atoms with Gasteiger partial charge in [0.2, 0.25) is 6.41 Å². The van der Waals surface area contributed by atoms with Gasteiger partial charge >= 0.3 is 5.97 Å². The van der Waals surface area contributed by atoms with Gasteiger partial charge in [-0.1, -0.05) is 44.9 Å². The molecule has 1 saturated heterocycles. The number of amides is 1. The van der Waals surface area contributed by atoms with Crippen LogP contribution in [-0.4, -0.2) is 75.3 Å². The molecule has 8 nitrogen and oxygen atoms in total. The van der Waals surface area contributed by atoms with Crippen molar-refractivity contribution in [3.05, 3.63) is 53.6 Å². The zero-order valence-corrected chi connectivity index (χ0v) is 23.7. The molecule has 3 rings (SSSR count). The second-order valence-corrected chi connectivity index (χ2v) is 9.58. The van der Waals surface area contributed by atoms with E-state index in [1.807, 2.05) is 48.3 Å². The second-order valence-electron chi connectivity index (χ2n) is 9.58. The van der Waals surface area contributed by atoms with Gasteiger partial charge in [0.05, 0.1) is 27.2 Å². The third kappa shape index (κ3) is 8.12.